The highest BCUT2D eigenvalue weighted by molar-refractivity contribution is 5.69. The third kappa shape index (κ3) is 3.43. The van der Waals surface area contributed by atoms with Gasteiger partial charge in [-0.25, -0.2) is 9.97 Å². The van der Waals surface area contributed by atoms with Gasteiger partial charge in [0.1, 0.15) is 17.8 Å². The monoisotopic (exact) mass is 341 g/mol. The summed E-state index contributed by atoms with van der Waals surface area (Å²) in [4.78, 5) is 11.1. The van der Waals surface area contributed by atoms with Crippen molar-refractivity contribution in [1.82, 2.24) is 20.2 Å². The number of hydrogen-bond acceptors (Lipinski definition) is 6. The van der Waals surface area contributed by atoms with Gasteiger partial charge < -0.3 is 14.4 Å². The molecule has 4 rings (SSSR count). The molecule has 1 unspecified atom stereocenters. The molecule has 1 aliphatic heterocycles. The number of fused-ring (bicyclic) bond motifs is 1. The number of morpholine rings is 1. The number of nitrogens with zero attached hydrogens (tertiary/aromatic N) is 4. The van der Waals surface area contributed by atoms with E-state index in [9.17, 15) is 0 Å². The average molecular weight is 341 g/mol. The lowest BCUT2D eigenvalue weighted by atomic mass is 9.98. The second-order valence-corrected chi connectivity index (χ2v) is 6.61. The lowest BCUT2D eigenvalue weighted by Gasteiger charge is -2.27. The van der Waals surface area contributed by atoms with E-state index in [1.54, 1.807) is 6.33 Å². The minimum absolute atomic E-state index is 0.0735. The van der Waals surface area contributed by atoms with Crippen LogP contribution in [0.5, 0.6) is 0 Å². The zero-order valence-electron chi connectivity index (χ0n) is 14.6. The number of nitrogens with one attached hydrogen (secondary N) is 1. The minimum atomic E-state index is 0.0735. The Morgan fingerprint density at radius 1 is 1.28 bits per heavy atom. The first kappa shape index (κ1) is 16.2. The van der Waals surface area contributed by atoms with Gasteiger partial charge in [-0.3, -0.25) is 5.10 Å². The standard InChI is InChI=1S/C18H23N5O2/c1-12(2)25-13-3-4-15-14(9-13)18(22-21-15)16-10-17(20-11-19-16)23-5-7-24-8-6-23/h3-4,10-13H,5-9H2,1-2H3,(H,21,22). The molecule has 2 aromatic heterocycles. The number of H-pyrrole nitrogens is 1. The fourth-order valence-electron chi connectivity index (χ4n) is 3.29. The van der Waals surface area contributed by atoms with Gasteiger partial charge in [-0.1, -0.05) is 6.08 Å². The number of hydrogen-bond donors (Lipinski definition) is 1. The first-order valence-corrected chi connectivity index (χ1v) is 8.76. The summed E-state index contributed by atoms with van der Waals surface area (Å²) in [6.07, 6.45) is 6.81. The molecule has 1 atom stereocenters. The fraction of sp³-hybridized carbons (Fsp3) is 0.500. The van der Waals surface area contributed by atoms with Crippen molar-refractivity contribution in [3.63, 3.8) is 0 Å². The maximum atomic E-state index is 5.94. The van der Waals surface area contributed by atoms with E-state index >= 15 is 0 Å². The Balaban J connectivity index is 1.61. The molecule has 1 N–H and O–H groups in total. The predicted octanol–water partition coefficient (Wildman–Crippen LogP) is 2.07. The summed E-state index contributed by atoms with van der Waals surface area (Å²) >= 11 is 0. The van der Waals surface area contributed by atoms with E-state index in [2.05, 4.69) is 45.0 Å². The number of aromatic amines is 1. The Labute approximate surface area is 147 Å². The summed E-state index contributed by atoms with van der Waals surface area (Å²) in [5.74, 6) is 0.923. The van der Waals surface area contributed by atoms with Gasteiger partial charge in [0.05, 0.1) is 36.8 Å². The fourth-order valence-corrected chi connectivity index (χ4v) is 3.29. The molecule has 7 heteroatoms. The Morgan fingerprint density at radius 3 is 2.92 bits per heavy atom. The number of anilines is 1. The summed E-state index contributed by atoms with van der Waals surface area (Å²) in [6, 6.07) is 2.01. The lowest BCUT2D eigenvalue weighted by Crippen LogP contribution is -2.36. The average Bonchev–Trinajstić information content (AvgIpc) is 3.05. The summed E-state index contributed by atoms with van der Waals surface area (Å²) in [5.41, 5.74) is 3.91. The summed E-state index contributed by atoms with van der Waals surface area (Å²) < 4.78 is 11.4. The maximum absolute atomic E-state index is 5.94. The zero-order valence-corrected chi connectivity index (χ0v) is 14.6. The van der Waals surface area contributed by atoms with Gasteiger partial charge in [-0.2, -0.15) is 5.10 Å². The molecule has 0 radical (unpaired) electrons. The van der Waals surface area contributed by atoms with E-state index in [0.29, 0.717) is 0 Å². The molecule has 1 fully saturated rings. The van der Waals surface area contributed by atoms with Gasteiger partial charge >= 0.3 is 0 Å². The van der Waals surface area contributed by atoms with Gasteiger partial charge in [0.25, 0.3) is 0 Å². The van der Waals surface area contributed by atoms with Gasteiger partial charge in [0.15, 0.2) is 0 Å². The molecule has 2 aromatic rings. The molecular formula is C18H23N5O2. The van der Waals surface area contributed by atoms with Crippen LogP contribution in [0.3, 0.4) is 0 Å². The molecule has 0 aromatic carbocycles. The van der Waals surface area contributed by atoms with Crippen LogP contribution in [0.15, 0.2) is 18.5 Å². The van der Waals surface area contributed by atoms with Crippen molar-refractivity contribution >= 4 is 11.9 Å². The summed E-state index contributed by atoms with van der Waals surface area (Å²) in [7, 11) is 0. The number of aromatic nitrogens is 4. The molecule has 2 aliphatic rings. The molecule has 7 nitrogen and oxygen atoms in total. The Bertz CT molecular complexity index is 765. The molecule has 0 bridgehead atoms. The van der Waals surface area contributed by atoms with Crippen LogP contribution in [0.25, 0.3) is 17.5 Å². The highest BCUT2D eigenvalue weighted by Crippen LogP contribution is 2.30. The topological polar surface area (TPSA) is 76.2 Å². The molecule has 25 heavy (non-hydrogen) atoms. The van der Waals surface area contributed by atoms with E-state index < -0.39 is 0 Å². The van der Waals surface area contributed by atoms with Crippen LogP contribution in [0.1, 0.15) is 25.1 Å². The lowest BCUT2D eigenvalue weighted by molar-refractivity contribution is 0.0358. The highest BCUT2D eigenvalue weighted by atomic mass is 16.5. The molecule has 132 valence electrons. The summed E-state index contributed by atoms with van der Waals surface area (Å²) in [6.45, 7) is 7.27. The van der Waals surface area contributed by atoms with Crippen molar-refractivity contribution in [1.29, 1.82) is 0 Å². The van der Waals surface area contributed by atoms with Gasteiger partial charge in [-0.05, 0) is 19.9 Å². The highest BCUT2D eigenvalue weighted by Gasteiger charge is 2.23. The smallest absolute Gasteiger partial charge is 0.132 e. The molecule has 1 aliphatic carbocycles. The normalized spacial score (nSPS) is 20.1. The van der Waals surface area contributed by atoms with Crippen LogP contribution >= 0.6 is 0 Å². The van der Waals surface area contributed by atoms with Crippen LogP contribution in [0.4, 0.5) is 5.82 Å². The largest absolute Gasteiger partial charge is 0.378 e. The van der Waals surface area contributed by atoms with E-state index in [-0.39, 0.29) is 12.2 Å². The van der Waals surface area contributed by atoms with Crippen LogP contribution in [-0.4, -0.2) is 58.7 Å². The maximum Gasteiger partial charge on any atom is 0.132 e. The van der Waals surface area contributed by atoms with Crippen molar-refractivity contribution in [2.45, 2.75) is 32.5 Å². The van der Waals surface area contributed by atoms with Crippen molar-refractivity contribution in [3.05, 3.63) is 29.7 Å². The second-order valence-electron chi connectivity index (χ2n) is 6.61. The number of rotatable bonds is 4. The molecule has 0 saturated carbocycles. The summed E-state index contributed by atoms with van der Waals surface area (Å²) in [5, 5.41) is 7.61. The molecule has 0 amide bonds. The van der Waals surface area contributed by atoms with Gasteiger partial charge in [0.2, 0.25) is 0 Å². The minimum Gasteiger partial charge on any atom is -0.378 e. The third-order valence-electron chi connectivity index (χ3n) is 4.46. The Morgan fingerprint density at radius 2 is 2.12 bits per heavy atom. The Kier molecular flexibility index (Phi) is 4.50. The molecule has 1 saturated heterocycles. The van der Waals surface area contributed by atoms with Crippen molar-refractivity contribution in [2.24, 2.45) is 0 Å². The zero-order chi connectivity index (χ0) is 17.2. The van der Waals surface area contributed by atoms with Crippen LogP contribution in [-0.2, 0) is 15.9 Å². The first-order chi connectivity index (χ1) is 12.2. The van der Waals surface area contributed by atoms with Crippen molar-refractivity contribution < 1.29 is 9.47 Å². The quantitative estimate of drug-likeness (QED) is 0.917. The number of ether oxygens (including phenoxy) is 2. The second kappa shape index (κ2) is 6.93. The third-order valence-corrected chi connectivity index (χ3v) is 4.46. The predicted molar refractivity (Wildman–Crippen MR) is 95.4 cm³/mol. The van der Waals surface area contributed by atoms with E-state index in [1.165, 1.54) is 0 Å². The van der Waals surface area contributed by atoms with Crippen LogP contribution < -0.4 is 4.90 Å². The van der Waals surface area contributed by atoms with Crippen molar-refractivity contribution in [2.75, 3.05) is 31.2 Å². The first-order valence-electron chi connectivity index (χ1n) is 8.76. The van der Waals surface area contributed by atoms with Gasteiger partial charge in [-0.15, -0.1) is 0 Å². The molecule has 3 heterocycles. The van der Waals surface area contributed by atoms with Gasteiger partial charge in [0, 0.05) is 31.1 Å². The Hall–Kier alpha value is -2.25. The van der Waals surface area contributed by atoms with E-state index in [0.717, 1.165) is 61.2 Å². The van der Waals surface area contributed by atoms with Crippen LogP contribution in [0, 0.1) is 0 Å². The van der Waals surface area contributed by atoms with E-state index in [4.69, 9.17) is 9.47 Å². The van der Waals surface area contributed by atoms with Crippen LogP contribution in [0.2, 0.25) is 0 Å². The van der Waals surface area contributed by atoms with Crippen molar-refractivity contribution in [3.8, 4) is 11.4 Å². The SMILES string of the molecule is CC(C)OC1C=Cc2[nH]nc(-c3cc(N4CCOCC4)ncn3)c2C1. The molecular weight excluding hydrogens is 318 g/mol. The van der Waals surface area contributed by atoms with E-state index in [1.807, 2.05) is 12.1 Å². The molecule has 0 spiro atoms.